The van der Waals surface area contributed by atoms with Crippen molar-refractivity contribution in [2.24, 2.45) is 0 Å². The van der Waals surface area contributed by atoms with Crippen LogP contribution in [0.15, 0.2) is 30.3 Å². The van der Waals surface area contributed by atoms with E-state index in [0.717, 1.165) is 11.1 Å². The number of carbonyl (C=O) groups is 2. The predicted octanol–water partition coefficient (Wildman–Crippen LogP) is 4.54. The zero-order valence-electron chi connectivity index (χ0n) is 18.7. The van der Waals surface area contributed by atoms with E-state index < -0.39 is 11.6 Å². The molecule has 31 heavy (non-hydrogen) atoms. The summed E-state index contributed by atoms with van der Waals surface area (Å²) in [6.45, 7) is 7.21. The van der Waals surface area contributed by atoms with E-state index in [1.807, 2.05) is 26.0 Å². The Hall–Kier alpha value is -3.22. The summed E-state index contributed by atoms with van der Waals surface area (Å²) in [6.07, 6.45) is 0.460. The molecule has 7 nitrogen and oxygen atoms in total. The Kier molecular flexibility index (Phi) is 6.43. The molecular weight excluding hydrogens is 400 g/mol. The molecule has 1 aliphatic rings. The number of rotatable bonds is 8. The Bertz CT molecular complexity index is 994. The molecule has 2 aromatic carbocycles. The van der Waals surface area contributed by atoms with Crippen molar-refractivity contribution in [3.63, 3.8) is 0 Å². The lowest BCUT2D eigenvalue weighted by Gasteiger charge is -2.28. The fourth-order valence-electron chi connectivity index (χ4n) is 3.32. The average Bonchev–Trinajstić information content (AvgIpc) is 3.14. The van der Waals surface area contributed by atoms with Crippen molar-refractivity contribution < 1.29 is 33.3 Å². The van der Waals surface area contributed by atoms with Crippen molar-refractivity contribution in [2.45, 2.75) is 52.4 Å². The number of ether oxygens (including phenoxy) is 5. The van der Waals surface area contributed by atoms with Crippen molar-refractivity contribution in [3.05, 3.63) is 41.5 Å². The van der Waals surface area contributed by atoms with E-state index >= 15 is 0 Å². The highest BCUT2D eigenvalue weighted by molar-refractivity contribution is 5.96. The smallest absolute Gasteiger partial charge is 0.350 e. The third-order valence-corrected chi connectivity index (χ3v) is 5.27. The van der Waals surface area contributed by atoms with Crippen LogP contribution in [0.3, 0.4) is 0 Å². The van der Waals surface area contributed by atoms with Gasteiger partial charge in [0.2, 0.25) is 5.75 Å². The van der Waals surface area contributed by atoms with Gasteiger partial charge in [-0.3, -0.25) is 0 Å². The van der Waals surface area contributed by atoms with E-state index in [4.69, 9.17) is 23.7 Å². The molecule has 7 heteroatoms. The molecule has 1 unspecified atom stereocenters. The minimum atomic E-state index is -1.30. The Labute approximate surface area is 182 Å². The first-order valence-corrected chi connectivity index (χ1v) is 10.2. The highest BCUT2D eigenvalue weighted by atomic mass is 16.6. The van der Waals surface area contributed by atoms with E-state index in [1.165, 1.54) is 14.2 Å². The fraction of sp³-hybridized carbons (Fsp3) is 0.417. The van der Waals surface area contributed by atoms with Crippen molar-refractivity contribution in [2.75, 3.05) is 14.2 Å². The molecule has 0 spiro atoms. The lowest BCUT2D eigenvalue weighted by molar-refractivity contribution is -0.164. The number of methoxy groups -OCH3 is 2. The SMILES string of the molecule is CCC(C)OC(=O)C(C)(C)Oc1c(-c2cccc3c2COC3=O)ccc(OC)c1OC. The van der Waals surface area contributed by atoms with Gasteiger partial charge in [0.25, 0.3) is 0 Å². The quantitative estimate of drug-likeness (QED) is 0.571. The molecule has 1 atom stereocenters. The third kappa shape index (κ3) is 4.31. The first-order valence-electron chi connectivity index (χ1n) is 10.2. The molecule has 0 aliphatic carbocycles. The molecule has 0 saturated carbocycles. The number of cyclic esters (lactones) is 1. The molecule has 2 aromatic rings. The van der Waals surface area contributed by atoms with Crippen LogP contribution in [0.1, 0.15) is 50.0 Å². The zero-order valence-corrected chi connectivity index (χ0v) is 18.7. The van der Waals surface area contributed by atoms with E-state index in [1.54, 1.807) is 32.0 Å². The maximum absolute atomic E-state index is 12.8. The van der Waals surface area contributed by atoms with Gasteiger partial charge in [0.05, 0.1) is 25.9 Å². The molecule has 0 N–H and O–H groups in total. The van der Waals surface area contributed by atoms with Gasteiger partial charge < -0.3 is 23.7 Å². The van der Waals surface area contributed by atoms with E-state index in [9.17, 15) is 9.59 Å². The van der Waals surface area contributed by atoms with Crippen LogP contribution in [-0.4, -0.2) is 37.9 Å². The topological polar surface area (TPSA) is 80.3 Å². The normalized spacial score (nSPS) is 13.8. The summed E-state index contributed by atoms with van der Waals surface area (Å²) < 4.78 is 28.0. The van der Waals surface area contributed by atoms with Crippen molar-refractivity contribution >= 4 is 11.9 Å². The van der Waals surface area contributed by atoms with Gasteiger partial charge >= 0.3 is 11.9 Å². The summed E-state index contributed by atoms with van der Waals surface area (Å²) in [7, 11) is 3.03. The molecule has 0 bridgehead atoms. The summed E-state index contributed by atoms with van der Waals surface area (Å²) in [5, 5.41) is 0. The number of carbonyl (C=O) groups excluding carboxylic acids is 2. The summed E-state index contributed by atoms with van der Waals surface area (Å²) in [6, 6.07) is 8.94. The summed E-state index contributed by atoms with van der Waals surface area (Å²) in [4.78, 5) is 24.8. The first-order chi connectivity index (χ1) is 14.7. The van der Waals surface area contributed by atoms with Crippen LogP contribution < -0.4 is 14.2 Å². The third-order valence-electron chi connectivity index (χ3n) is 5.27. The maximum Gasteiger partial charge on any atom is 0.350 e. The van der Waals surface area contributed by atoms with Gasteiger partial charge in [-0.15, -0.1) is 0 Å². The Morgan fingerprint density at radius 3 is 2.42 bits per heavy atom. The van der Waals surface area contributed by atoms with Crippen molar-refractivity contribution in [1.82, 2.24) is 0 Å². The lowest BCUT2D eigenvalue weighted by Crippen LogP contribution is -2.41. The van der Waals surface area contributed by atoms with E-state index in [-0.39, 0.29) is 18.7 Å². The van der Waals surface area contributed by atoms with E-state index in [0.29, 0.717) is 34.8 Å². The van der Waals surface area contributed by atoms with E-state index in [2.05, 4.69) is 0 Å². The maximum atomic E-state index is 12.8. The number of esters is 2. The molecule has 166 valence electrons. The summed E-state index contributed by atoms with van der Waals surface area (Å²) in [5.74, 6) is 0.256. The predicted molar refractivity (Wildman–Crippen MR) is 115 cm³/mol. The second-order valence-corrected chi connectivity index (χ2v) is 7.82. The molecule has 0 radical (unpaired) electrons. The van der Waals surface area contributed by atoms with Gasteiger partial charge in [-0.05, 0) is 51.0 Å². The van der Waals surface area contributed by atoms with Crippen LogP contribution in [0.2, 0.25) is 0 Å². The molecule has 0 aromatic heterocycles. The molecule has 3 rings (SSSR count). The molecule has 0 saturated heterocycles. The van der Waals surface area contributed by atoms with Gasteiger partial charge in [0, 0.05) is 11.1 Å². The van der Waals surface area contributed by atoms with Gasteiger partial charge in [-0.2, -0.15) is 0 Å². The van der Waals surface area contributed by atoms with Gasteiger partial charge in [-0.1, -0.05) is 19.1 Å². The Morgan fingerprint density at radius 2 is 1.77 bits per heavy atom. The van der Waals surface area contributed by atoms with Crippen molar-refractivity contribution in [3.8, 4) is 28.4 Å². The largest absolute Gasteiger partial charge is 0.493 e. The molecule has 0 fully saturated rings. The van der Waals surface area contributed by atoms with Crippen LogP contribution in [0, 0.1) is 0 Å². The van der Waals surface area contributed by atoms with Crippen LogP contribution in [0.4, 0.5) is 0 Å². The number of hydrogen-bond acceptors (Lipinski definition) is 7. The highest BCUT2D eigenvalue weighted by Gasteiger charge is 2.36. The highest BCUT2D eigenvalue weighted by Crippen LogP contribution is 2.47. The number of benzene rings is 2. The zero-order chi connectivity index (χ0) is 22.8. The summed E-state index contributed by atoms with van der Waals surface area (Å²) >= 11 is 0. The standard InChI is InChI=1S/C24H28O7/c1-7-14(2)30-23(26)24(3,4)31-20-16(11-12-19(27-5)21(20)28-6)15-9-8-10-17-18(15)13-29-22(17)25/h8-12,14H,7,13H2,1-6H3. The monoisotopic (exact) mass is 428 g/mol. The minimum absolute atomic E-state index is 0.164. The average molecular weight is 428 g/mol. The first kappa shape index (κ1) is 22.5. The van der Waals surface area contributed by atoms with Gasteiger partial charge in [-0.25, -0.2) is 9.59 Å². The Balaban J connectivity index is 2.13. The Morgan fingerprint density at radius 1 is 1.06 bits per heavy atom. The molecule has 0 amide bonds. The van der Waals surface area contributed by atoms with Crippen LogP contribution >= 0.6 is 0 Å². The fourth-order valence-corrected chi connectivity index (χ4v) is 3.32. The van der Waals surface area contributed by atoms with Crippen molar-refractivity contribution in [1.29, 1.82) is 0 Å². The second-order valence-electron chi connectivity index (χ2n) is 7.82. The van der Waals surface area contributed by atoms with Crippen LogP contribution in [0.5, 0.6) is 17.2 Å². The van der Waals surface area contributed by atoms with Crippen LogP contribution in [0.25, 0.3) is 11.1 Å². The van der Waals surface area contributed by atoms with Gasteiger partial charge in [0.15, 0.2) is 17.1 Å². The number of hydrogen-bond donors (Lipinski definition) is 0. The minimum Gasteiger partial charge on any atom is -0.493 e. The molecule has 1 heterocycles. The second kappa shape index (κ2) is 8.88. The van der Waals surface area contributed by atoms with Gasteiger partial charge in [0.1, 0.15) is 6.61 Å². The van der Waals surface area contributed by atoms with Crippen LogP contribution in [-0.2, 0) is 20.9 Å². The molecular formula is C24H28O7. The number of fused-ring (bicyclic) bond motifs is 1. The molecule has 1 aliphatic heterocycles. The lowest BCUT2D eigenvalue weighted by atomic mass is 9.95. The summed E-state index contributed by atoms with van der Waals surface area (Å²) in [5.41, 5.74) is 1.36.